The molecule has 1 N–H and O–H groups in total. The van der Waals surface area contributed by atoms with E-state index >= 15 is 0 Å². The Morgan fingerprint density at radius 3 is 2.31 bits per heavy atom. The zero-order valence-corrected chi connectivity index (χ0v) is 15.7. The number of nitrogens with zero attached hydrogens (tertiary/aromatic N) is 3. The monoisotopic (exact) mass is 374 g/mol. The maximum Gasteiger partial charge on any atom is 0.316 e. The molecule has 0 spiro atoms. The molecule has 26 heavy (non-hydrogen) atoms. The summed E-state index contributed by atoms with van der Waals surface area (Å²) >= 11 is 5.77. The SMILES string of the molecule is CN(C)c1ccc(C(=O)NC2CCC(Oc3ncc(Cl)cn3)CC2)cc1. The Bertz CT molecular complexity index is 726. The highest BCUT2D eigenvalue weighted by atomic mass is 35.5. The summed E-state index contributed by atoms with van der Waals surface area (Å²) in [7, 11) is 3.95. The molecule has 2 aromatic rings. The van der Waals surface area contributed by atoms with Crippen LogP contribution in [0.5, 0.6) is 6.01 Å². The topological polar surface area (TPSA) is 67.4 Å². The Hall–Kier alpha value is -2.34. The number of hydrogen-bond donors (Lipinski definition) is 1. The summed E-state index contributed by atoms with van der Waals surface area (Å²) in [6.45, 7) is 0. The molecule has 3 rings (SSSR count). The van der Waals surface area contributed by atoms with Crippen molar-refractivity contribution in [2.45, 2.75) is 37.8 Å². The molecule has 0 atom stereocenters. The smallest absolute Gasteiger partial charge is 0.316 e. The fourth-order valence-corrected chi connectivity index (χ4v) is 3.11. The summed E-state index contributed by atoms with van der Waals surface area (Å²) < 4.78 is 5.79. The van der Waals surface area contributed by atoms with Crippen molar-refractivity contribution < 1.29 is 9.53 Å². The summed E-state index contributed by atoms with van der Waals surface area (Å²) in [6, 6.07) is 8.14. The zero-order chi connectivity index (χ0) is 18.5. The van der Waals surface area contributed by atoms with Gasteiger partial charge in [0.15, 0.2) is 0 Å². The van der Waals surface area contributed by atoms with Crippen LogP contribution >= 0.6 is 11.6 Å². The molecule has 0 bridgehead atoms. The molecule has 1 aliphatic carbocycles. The van der Waals surface area contributed by atoms with E-state index in [1.807, 2.05) is 43.3 Å². The molecule has 1 saturated carbocycles. The van der Waals surface area contributed by atoms with E-state index in [0.717, 1.165) is 31.4 Å². The first-order valence-corrected chi connectivity index (χ1v) is 9.11. The molecule has 0 aliphatic heterocycles. The number of rotatable bonds is 5. The van der Waals surface area contributed by atoms with Crippen LogP contribution in [-0.2, 0) is 0 Å². The fraction of sp³-hybridized carbons (Fsp3) is 0.421. The van der Waals surface area contributed by atoms with Crippen LogP contribution < -0.4 is 15.0 Å². The molecule has 1 heterocycles. The number of carbonyl (C=O) groups is 1. The predicted molar refractivity (Wildman–Crippen MR) is 102 cm³/mol. The molecule has 7 heteroatoms. The minimum Gasteiger partial charge on any atom is -0.460 e. The molecule has 0 saturated heterocycles. The van der Waals surface area contributed by atoms with Gasteiger partial charge in [0.05, 0.1) is 17.4 Å². The summed E-state index contributed by atoms with van der Waals surface area (Å²) in [5.41, 5.74) is 1.76. The van der Waals surface area contributed by atoms with Gasteiger partial charge in [0.1, 0.15) is 6.10 Å². The minimum atomic E-state index is -0.0271. The molecule has 1 aromatic heterocycles. The van der Waals surface area contributed by atoms with Crippen LogP contribution in [0.2, 0.25) is 5.02 Å². The molecule has 138 valence electrons. The van der Waals surface area contributed by atoms with Gasteiger partial charge in [0.2, 0.25) is 0 Å². The highest BCUT2D eigenvalue weighted by Crippen LogP contribution is 2.23. The molecule has 0 radical (unpaired) electrons. The van der Waals surface area contributed by atoms with Crippen molar-refractivity contribution in [1.82, 2.24) is 15.3 Å². The number of amides is 1. The molecule has 1 aliphatic rings. The number of aromatic nitrogens is 2. The average Bonchev–Trinajstić information content (AvgIpc) is 2.65. The quantitative estimate of drug-likeness (QED) is 0.869. The Kier molecular flexibility index (Phi) is 5.93. The molecule has 0 unspecified atom stereocenters. The van der Waals surface area contributed by atoms with Gasteiger partial charge in [-0.3, -0.25) is 4.79 Å². The third-order valence-electron chi connectivity index (χ3n) is 4.52. The largest absolute Gasteiger partial charge is 0.460 e. The first kappa shape index (κ1) is 18.5. The predicted octanol–water partition coefficient (Wildman–Crippen LogP) is 3.32. The average molecular weight is 375 g/mol. The van der Waals surface area contributed by atoms with Crippen molar-refractivity contribution in [2.24, 2.45) is 0 Å². The van der Waals surface area contributed by atoms with Crippen molar-refractivity contribution in [3.8, 4) is 6.01 Å². The lowest BCUT2D eigenvalue weighted by atomic mass is 9.92. The van der Waals surface area contributed by atoms with Crippen LogP contribution in [-0.4, -0.2) is 42.1 Å². The van der Waals surface area contributed by atoms with Gasteiger partial charge in [-0.1, -0.05) is 11.6 Å². The van der Waals surface area contributed by atoms with E-state index in [-0.39, 0.29) is 18.1 Å². The van der Waals surface area contributed by atoms with Gasteiger partial charge in [-0.15, -0.1) is 0 Å². The van der Waals surface area contributed by atoms with E-state index in [9.17, 15) is 4.79 Å². The highest BCUT2D eigenvalue weighted by molar-refractivity contribution is 6.30. The second kappa shape index (κ2) is 8.36. The first-order valence-electron chi connectivity index (χ1n) is 8.73. The second-order valence-electron chi connectivity index (χ2n) is 6.69. The van der Waals surface area contributed by atoms with Crippen LogP contribution in [0.4, 0.5) is 5.69 Å². The maximum atomic E-state index is 12.4. The third kappa shape index (κ3) is 4.85. The van der Waals surface area contributed by atoms with E-state index in [4.69, 9.17) is 16.3 Å². The van der Waals surface area contributed by atoms with E-state index in [2.05, 4.69) is 15.3 Å². The van der Waals surface area contributed by atoms with Gasteiger partial charge in [0, 0.05) is 31.4 Å². The second-order valence-corrected chi connectivity index (χ2v) is 7.13. The lowest BCUT2D eigenvalue weighted by Crippen LogP contribution is -2.39. The number of anilines is 1. The fourth-order valence-electron chi connectivity index (χ4n) is 3.02. The van der Waals surface area contributed by atoms with E-state index in [0.29, 0.717) is 16.6 Å². The highest BCUT2D eigenvalue weighted by Gasteiger charge is 2.24. The van der Waals surface area contributed by atoms with Gasteiger partial charge in [-0.05, 0) is 49.9 Å². The minimum absolute atomic E-state index is 0.0271. The third-order valence-corrected chi connectivity index (χ3v) is 4.72. The van der Waals surface area contributed by atoms with Crippen LogP contribution in [0.3, 0.4) is 0 Å². The van der Waals surface area contributed by atoms with Gasteiger partial charge in [-0.25, -0.2) is 9.97 Å². The van der Waals surface area contributed by atoms with E-state index in [1.54, 1.807) is 0 Å². The van der Waals surface area contributed by atoms with Crippen LogP contribution in [0.1, 0.15) is 36.0 Å². The lowest BCUT2D eigenvalue weighted by Gasteiger charge is -2.28. The number of carbonyl (C=O) groups excluding carboxylic acids is 1. The summed E-state index contributed by atoms with van der Waals surface area (Å²) in [4.78, 5) is 22.5. The zero-order valence-electron chi connectivity index (χ0n) is 15.0. The number of halogens is 1. The molecule has 1 aromatic carbocycles. The molecule has 1 fully saturated rings. The number of hydrogen-bond acceptors (Lipinski definition) is 5. The normalized spacial score (nSPS) is 19.7. The van der Waals surface area contributed by atoms with Gasteiger partial charge >= 0.3 is 6.01 Å². The standard InChI is InChI=1S/C19H23ClN4O2/c1-24(2)16-7-3-13(4-8-16)18(25)23-15-5-9-17(10-6-15)26-19-21-11-14(20)12-22-19/h3-4,7-8,11-12,15,17H,5-6,9-10H2,1-2H3,(H,23,25). The van der Waals surface area contributed by atoms with Crippen molar-refractivity contribution >= 4 is 23.2 Å². The Labute approximate surface area is 158 Å². The first-order chi connectivity index (χ1) is 12.5. The number of nitrogens with one attached hydrogen (secondary N) is 1. The van der Waals surface area contributed by atoms with E-state index in [1.165, 1.54) is 12.4 Å². The van der Waals surface area contributed by atoms with Gasteiger partial charge in [0.25, 0.3) is 5.91 Å². The summed E-state index contributed by atoms with van der Waals surface area (Å²) in [5, 5.41) is 3.61. The maximum absolute atomic E-state index is 12.4. The Balaban J connectivity index is 1.47. The van der Waals surface area contributed by atoms with Crippen LogP contribution in [0, 0.1) is 0 Å². The molecule has 6 nitrogen and oxygen atoms in total. The number of benzene rings is 1. The molecular formula is C19H23ClN4O2. The summed E-state index contributed by atoms with van der Waals surface area (Å²) in [5.74, 6) is -0.0271. The van der Waals surface area contributed by atoms with Crippen LogP contribution in [0.15, 0.2) is 36.7 Å². The lowest BCUT2D eigenvalue weighted by molar-refractivity contribution is 0.0885. The summed E-state index contributed by atoms with van der Waals surface area (Å²) in [6.07, 6.45) is 6.59. The Morgan fingerprint density at radius 2 is 1.73 bits per heavy atom. The molecular weight excluding hydrogens is 352 g/mol. The van der Waals surface area contributed by atoms with Crippen molar-refractivity contribution in [1.29, 1.82) is 0 Å². The number of ether oxygens (including phenoxy) is 1. The van der Waals surface area contributed by atoms with Crippen molar-refractivity contribution in [3.05, 3.63) is 47.2 Å². The molecule has 1 amide bonds. The Morgan fingerprint density at radius 1 is 1.12 bits per heavy atom. The van der Waals surface area contributed by atoms with Gasteiger partial charge in [-0.2, -0.15) is 0 Å². The van der Waals surface area contributed by atoms with Crippen LogP contribution in [0.25, 0.3) is 0 Å². The van der Waals surface area contributed by atoms with Gasteiger partial charge < -0.3 is 15.0 Å². The van der Waals surface area contributed by atoms with E-state index < -0.39 is 0 Å². The van der Waals surface area contributed by atoms with Crippen molar-refractivity contribution in [2.75, 3.05) is 19.0 Å². The van der Waals surface area contributed by atoms with Crippen molar-refractivity contribution in [3.63, 3.8) is 0 Å².